The molecule has 76 valence electrons. The maximum Gasteiger partial charge on any atom is 0.176 e. The van der Waals surface area contributed by atoms with Crippen LogP contribution in [0.25, 0.3) is 0 Å². The van der Waals surface area contributed by atoms with Gasteiger partial charge in [0.05, 0.1) is 18.1 Å². The largest absolute Gasteiger partial charge is 0.496 e. The number of hydrogen-bond acceptors (Lipinski definition) is 3. The van der Waals surface area contributed by atoms with E-state index in [0.717, 1.165) is 4.47 Å². The maximum atomic E-state index is 11.5. The van der Waals surface area contributed by atoms with E-state index in [2.05, 4.69) is 21.2 Å². The van der Waals surface area contributed by atoms with E-state index < -0.39 is 0 Å². The lowest BCUT2D eigenvalue weighted by molar-refractivity contribution is 0.0993. The van der Waals surface area contributed by atoms with Gasteiger partial charge in [-0.25, -0.2) is 0 Å². The second-order valence-electron chi connectivity index (χ2n) is 2.80. The molecule has 0 aromatic heterocycles. The summed E-state index contributed by atoms with van der Waals surface area (Å²) in [4.78, 5) is 11.5. The molecule has 1 rings (SSSR count). The fraction of sp³-hybridized carbons (Fsp3) is 0.300. The van der Waals surface area contributed by atoms with Crippen molar-refractivity contribution in [2.24, 2.45) is 0 Å². The molecule has 0 unspecified atom stereocenters. The summed E-state index contributed by atoms with van der Waals surface area (Å²) in [7, 11) is 3.32. The zero-order chi connectivity index (χ0) is 10.6. The minimum absolute atomic E-state index is 0.0540. The first-order valence-corrected chi connectivity index (χ1v) is 4.99. The Balaban J connectivity index is 2.94. The smallest absolute Gasteiger partial charge is 0.176 e. The van der Waals surface area contributed by atoms with Gasteiger partial charge in [-0.2, -0.15) is 0 Å². The van der Waals surface area contributed by atoms with E-state index >= 15 is 0 Å². The molecule has 1 N–H and O–H groups in total. The van der Waals surface area contributed by atoms with Gasteiger partial charge >= 0.3 is 0 Å². The quantitative estimate of drug-likeness (QED) is 0.838. The second kappa shape index (κ2) is 5.12. The number of benzene rings is 1. The molecule has 0 saturated heterocycles. The Morgan fingerprint density at radius 3 is 2.86 bits per heavy atom. The van der Waals surface area contributed by atoms with E-state index in [9.17, 15) is 4.79 Å². The molecule has 1 aromatic rings. The number of Topliss-reactive ketones (excluding diaryl/α,β-unsaturated/α-hetero) is 1. The molecule has 0 heterocycles. The lowest BCUT2D eigenvalue weighted by Crippen LogP contribution is -2.18. The molecule has 14 heavy (non-hydrogen) atoms. The van der Waals surface area contributed by atoms with Crippen LogP contribution in [0.1, 0.15) is 10.4 Å². The van der Waals surface area contributed by atoms with E-state index in [0.29, 0.717) is 17.9 Å². The molecular formula is C10H12BrNO2. The fourth-order valence-corrected chi connectivity index (χ4v) is 1.50. The van der Waals surface area contributed by atoms with Gasteiger partial charge in [0.25, 0.3) is 0 Å². The maximum absolute atomic E-state index is 11.5. The van der Waals surface area contributed by atoms with E-state index in [1.54, 1.807) is 26.3 Å². The number of halogens is 1. The monoisotopic (exact) mass is 257 g/mol. The summed E-state index contributed by atoms with van der Waals surface area (Å²) in [6.07, 6.45) is 0. The highest BCUT2D eigenvalue weighted by atomic mass is 79.9. The van der Waals surface area contributed by atoms with E-state index in [-0.39, 0.29) is 5.78 Å². The first-order valence-electron chi connectivity index (χ1n) is 4.20. The molecule has 0 aliphatic rings. The predicted molar refractivity (Wildman–Crippen MR) is 59.0 cm³/mol. The molecule has 0 radical (unpaired) electrons. The number of methoxy groups -OCH3 is 1. The number of ether oxygens (including phenoxy) is 1. The van der Waals surface area contributed by atoms with E-state index in [4.69, 9.17) is 4.74 Å². The molecule has 0 amide bonds. The Labute approximate surface area is 91.6 Å². The number of carbonyl (C=O) groups is 1. The van der Waals surface area contributed by atoms with Crippen molar-refractivity contribution < 1.29 is 9.53 Å². The van der Waals surface area contributed by atoms with Crippen molar-refractivity contribution in [3.8, 4) is 5.75 Å². The molecule has 0 spiro atoms. The van der Waals surface area contributed by atoms with Crippen molar-refractivity contribution in [2.45, 2.75) is 0 Å². The third-order valence-electron chi connectivity index (χ3n) is 1.81. The van der Waals surface area contributed by atoms with Crippen LogP contribution in [0.5, 0.6) is 5.75 Å². The van der Waals surface area contributed by atoms with Crippen LogP contribution in [0.2, 0.25) is 0 Å². The van der Waals surface area contributed by atoms with Crippen molar-refractivity contribution >= 4 is 21.7 Å². The molecule has 4 heteroatoms. The summed E-state index contributed by atoms with van der Waals surface area (Å²) in [6, 6.07) is 5.30. The van der Waals surface area contributed by atoms with Crippen molar-refractivity contribution in [1.82, 2.24) is 5.32 Å². The zero-order valence-corrected chi connectivity index (χ0v) is 9.72. The zero-order valence-electron chi connectivity index (χ0n) is 8.13. The summed E-state index contributed by atoms with van der Waals surface area (Å²) in [6.45, 7) is 0.338. The highest BCUT2D eigenvalue weighted by Crippen LogP contribution is 2.25. The normalized spacial score (nSPS) is 9.93. The van der Waals surface area contributed by atoms with Crippen LogP contribution in [0.3, 0.4) is 0 Å². The molecule has 1 aromatic carbocycles. The number of ketones is 1. The van der Waals surface area contributed by atoms with Crippen LogP contribution in [0.15, 0.2) is 22.7 Å². The van der Waals surface area contributed by atoms with Crippen molar-refractivity contribution in [3.63, 3.8) is 0 Å². The second-order valence-corrected chi connectivity index (χ2v) is 3.66. The van der Waals surface area contributed by atoms with E-state index in [1.165, 1.54) is 0 Å². The lowest BCUT2D eigenvalue weighted by Gasteiger charge is -2.05. The van der Waals surface area contributed by atoms with Gasteiger partial charge in [0, 0.05) is 5.56 Å². The topological polar surface area (TPSA) is 38.3 Å². The molecule has 0 bridgehead atoms. The Bertz CT molecular complexity index is 339. The standard InChI is InChI=1S/C10H12BrNO2/c1-12-6-9(13)7-3-4-8(11)10(5-7)14-2/h3-5,12H,6H2,1-2H3. The molecule has 0 fully saturated rings. The van der Waals surface area contributed by atoms with Gasteiger partial charge in [-0.05, 0) is 41.2 Å². The summed E-state index contributed by atoms with van der Waals surface area (Å²) < 4.78 is 5.94. The number of nitrogens with one attached hydrogen (secondary N) is 1. The van der Waals surface area contributed by atoms with Gasteiger partial charge < -0.3 is 10.1 Å². The molecule has 3 nitrogen and oxygen atoms in total. The van der Waals surface area contributed by atoms with Gasteiger partial charge in [-0.3, -0.25) is 4.79 Å². The minimum Gasteiger partial charge on any atom is -0.496 e. The third kappa shape index (κ3) is 2.56. The minimum atomic E-state index is 0.0540. The van der Waals surface area contributed by atoms with Crippen molar-refractivity contribution in [3.05, 3.63) is 28.2 Å². The Morgan fingerprint density at radius 2 is 2.29 bits per heavy atom. The first kappa shape index (κ1) is 11.2. The third-order valence-corrected chi connectivity index (χ3v) is 2.47. The Kier molecular flexibility index (Phi) is 4.10. The number of rotatable bonds is 4. The van der Waals surface area contributed by atoms with Crippen molar-refractivity contribution in [2.75, 3.05) is 20.7 Å². The molecular weight excluding hydrogens is 246 g/mol. The number of hydrogen-bond donors (Lipinski definition) is 1. The number of likely N-dealkylation sites (N-methyl/N-ethyl adjacent to an activating group) is 1. The van der Waals surface area contributed by atoms with Crippen LogP contribution in [-0.4, -0.2) is 26.5 Å². The lowest BCUT2D eigenvalue weighted by atomic mass is 10.1. The first-order chi connectivity index (χ1) is 6.69. The van der Waals surface area contributed by atoms with Gasteiger partial charge in [0.2, 0.25) is 0 Å². The van der Waals surface area contributed by atoms with Crippen LogP contribution < -0.4 is 10.1 Å². The van der Waals surface area contributed by atoms with Crippen molar-refractivity contribution in [1.29, 1.82) is 0 Å². The van der Waals surface area contributed by atoms with Gasteiger partial charge in [0.1, 0.15) is 5.75 Å². The van der Waals surface area contributed by atoms with Crippen LogP contribution >= 0.6 is 15.9 Å². The highest BCUT2D eigenvalue weighted by Gasteiger charge is 2.07. The Hall–Kier alpha value is -0.870. The van der Waals surface area contributed by atoms with Gasteiger partial charge in [-0.15, -0.1) is 0 Å². The molecule has 0 saturated carbocycles. The highest BCUT2D eigenvalue weighted by molar-refractivity contribution is 9.10. The summed E-state index contributed by atoms with van der Waals surface area (Å²) in [5.74, 6) is 0.727. The van der Waals surface area contributed by atoms with Gasteiger partial charge in [0.15, 0.2) is 5.78 Å². The average molecular weight is 258 g/mol. The SMILES string of the molecule is CNCC(=O)c1ccc(Br)c(OC)c1. The summed E-state index contributed by atoms with van der Waals surface area (Å²) in [5.41, 5.74) is 0.652. The average Bonchev–Trinajstić information content (AvgIpc) is 2.19. The number of carbonyl (C=O) groups excluding carboxylic acids is 1. The summed E-state index contributed by atoms with van der Waals surface area (Å²) in [5, 5.41) is 2.82. The molecule has 0 aliphatic carbocycles. The van der Waals surface area contributed by atoms with Gasteiger partial charge in [-0.1, -0.05) is 0 Å². The predicted octanol–water partition coefficient (Wildman–Crippen LogP) is 1.86. The van der Waals surface area contributed by atoms with Crippen LogP contribution in [0.4, 0.5) is 0 Å². The van der Waals surface area contributed by atoms with Crippen LogP contribution in [0, 0.1) is 0 Å². The fourth-order valence-electron chi connectivity index (χ4n) is 1.10. The molecule has 0 atom stereocenters. The van der Waals surface area contributed by atoms with Crippen LogP contribution in [-0.2, 0) is 0 Å². The molecule has 0 aliphatic heterocycles. The Morgan fingerprint density at radius 1 is 1.57 bits per heavy atom. The summed E-state index contributed by atoms with van der Waals surface area (Å²) >= 11 is 3.33. The van der Waals surface area contributed by atoms with E-state index in [1.807, 2.05) is 6.07 Å².